The van der Waals surface area contributed by atoms with Crippen LogP contribution < -0.4 is 10.6 Å². The molecule has 178 valence electrons. The fourth-order valence-corrected chi connectivity index (χ4v) is 5.72. The lowest BCUT2D eigenvalue weighted by atomic mass is 9.97. The average Bonchev–Trinajstić information content (AvgIpc) is 2.85. The number of fused-ring (bicyclic) bond motifs is 1. The van der Waals surface area contributed by atoms with Gasteiger partial charge in [0.2, 0.25) is 21.8 Å². The Balaban J connectivity index is 1.40. The van der Waals surface area contributed by atoms with Gasteiger partial charge in [-0.25, -0.2) is 8.42 Å². The van der Waals surface area contributed by atoms with Crippen LogP contribution in [0.25, 0.3) is 10.8 Å². The van der Waals surface area contributed by atoms with Crippen LogP contribution in [0.5, 0.6) is 0 Å². The molecule has 1 fully saturated rings. The van der Waals surface area contributed by atoms with Crippen molar-refractivity contribution < 1.29 is 18.0 Å². The predicted molar refractivity (Wildman–Crippen MR) is 134 cm³/mol. The second kappa shape index (κ2) is 10.4. The van der Waals surface area contributed by atoms with Crippen molar-refractivity contribution in [2.75, 3.05) is 23.7 Å². The molecule has 0 spiro atoms. The number of rotatable bonds is 7. The van der Waals surface area contributed by atoms with Crippen LogP contribution in [0.2, 0.25) is 0 Å². The molecule has 0 atom stereocenters. The lowest BCUT2D eigenvalue weighted by molar-refractivity contribution is -0.121. The molecular weight excluding hydrogens is 450 g/mol. The maximum absolute atomic E-state index is 13.2. The SMILES string of the molecule is CCCC(=O)Nc1ccccc1NC(=O)C1CCN(S(=O)(=O)c2ccc3ccccc3c2)CC1. The molecule has 2 N–H and O–H groups in total. The lowest BCUT2D eigenvalue weighted by Crippen LogP contribution is -2.41. The van der Waals surface area contributed by atoms with E-state index >= 15 is 0 Å². The Labute approximate surface area is 200 Å². The van der Waals surface area contributed by atoms with Crippen molar-refractivity contribution in [3.63, 3.8) is 0 Å². The Hall–Kier alpha value is -3.23. The van der Waals surface area contributed by atoms with Gasteiger partial charge in [0, 0.05) is 25.4 Å². The maximum Gasteiger partial charge on any atom is 0.243 e. The molecule has 3 aromatic carbocycles. The first-order chi connectivity index (χ1) is 16.4. The van der Waals surface area contributed by atoms with Crippen molar-refractivity contribution in [2.24, 2.45) is 5.92 Å². The lowest BCUT2D eigenvalue weighted by Gasteiger charge is -2.30. The van der Waals surface area contributed by atoms with E-state index < -0.39 is 10.0 Å². The summed E-state index contributed by atoms with van der Waals surface area (Å²) in [4.78, 5) is 25.2. The van der Waals surface area contributed by atoms with Crippen molar-refractivity contribution in [2.45, 2.75) is 37.5 Å². The van der Waals surface area contributed by atoms with Crippen LogP contribution in [0.3, 0.4) is 0 Å². The Morgan fingerprint density at radius 2 is 1.50 bits per heavy atom. The first-order valence-corrected chi connectivity index (χ1v) is 13.0. The normalized spacial score (nSPS) is 15.2. The van der Waals surface area contributed by atoms with E-state index in [1.807, 2.05) is 37.3 Å². The van der Waals surface area contributed by atoms with Gasteiger partial charge in [-0.15, -0.1) is 0 Å². The highest BCUT2D eigenvalue weighted by atomic mass is 32.2. The number of nitrogens with one attached hydrogen (secondary N) is 2. The molecule has 1 aliphatic heterocycles. The summed E-state index contributed by atoms with van der Waals surface area (Å²) < 4.78 is 27.8. The zero-order chi connectivity index (χ0) is 24.1. The summed E-state index contributed by atoms with van der Waals surface area (Å²) in [5.74, 6) is -0.571. The number of carbonyl (C=O) groups excluding carboxylic acids is 2. The summed E-state index contributed by atoms with van der Waals surface area (Å²) in [5.41, 5.74) is 1.11. The third-order valence-corrected chi connectivity index (χ3v) is 8.01. The average molecular weight is 480 g/mol. The van der Waals surface area contributed by atoms with Crippen LogP contribution in [-0.2, 0) is 19.6 Å². The minimum absolute atomic E-state index is 0.101. The number of hydrogen-bond acceptors (Lipinski definition) is 4. The second-order valence-corrected chi connectivity index (χ2v) is 10.5. The van der Waals surface area contributed by atoms with E-state index in [1.54, 1.807) is 36.4 Å². The molecule has 8 heteroatoms. The van der Waals surface area contributed by atoms with Crippen molar-refractivity contribution in [1.82, 2.24) is 4.31 Å². The summed E-state index contributed by atoms with van der Waals surface area (Å²) in [6, 6.07) is 19.9. The zero-order valence-electron chi connectivity index (χ0n) is 19.2. The molecule has 0 saturated carbocycles. The monoisotopic (exact) mass is 479 g/mol. The topological polar surface area (TPSA) is 95.6 Å². The molecule has 1 saturated heterocycles. The third-order valence-electron chi connectivity index (χ3n) is 6.12. The predicted octanol–water partition coefficient (Wildman–Crippen LogP) is 4.62. The molecule has 3 aromatic rings. The molecule has 4 rings (SSSR count). The summed E-state index contributed by atoms with van der Waals surface area (Å²) >= 11 is 0. The van der Waals surface area contributed by atoms with Gasteiger partial charge >= 0.3 is 0 Å². The highest BCUT2D eigenvalue weighted by Gasteiger charge is 2.32. The Morgan fingerprint density at radius 3 is 2.18 bits per heavy atom. The van der Waals surface area contributed by atoms with Gasteiger partial charge < -0.3 is 10.6 Å². The number of benzene rings is 3. The molecule has 0 aromatic heterocycles. The zero-order valence-corrected chi connectivity index (χ0v) is 20.0. The van der Waals surface area contributed by atoms with Crippen LogP contribution in [-0.4, -0.2) is 37.6 Å². The summed E-state index contributed by atoms with van der Waals surface area (Å²) in [6.45, 7) is 2.49. The van der Waals surface area contributed by atoms with Crippen LogP contribution in [0.4, 0.5) is 11.4 Å². The number of piperidine rings is 1. The van der Waals surface area contributed by atoms with Crippen LogP contribution >= 0.6 is 0 Å². The number of amides is 2. The molecular formula is C26H29N3O4S. The first-order valence-electron chi connectivity index (χ1n) is 11.6. The second-order valence-electron chi connectivity index (χ2n) is 8.52. The van der Waals surface area contributed by atoms with Gasteiger partial charge in [-0.2, -0.15) is 4.31 Å². The van der Waals surface area contributed by atoms with E-state index in [9.17, 15) is 18.0 Å². The van der Waals surface area contributed by atoms with E-state index in [-0.39, 0.29) is 35.7 Å². The molecule has 0 bridgehead atoms. The van der Waals surface area contributed by atoms with E-state index in [1.165, 1.54) is 4.31 Å². The number of carbonyl (C=O) groups is 2. The highest BCUT2D eigenvalue weighted by Crippen LogP contribution is 2.28. The first kappa shape index (κ1) is 23.9. The van der Waals surface area contributed by atoms with Crippen LogP contribution in [0.1, 0.15) is 32.6 Å². The fourth-order valence-electron chi connectivity index (χ4n) is 4.21. The third kappa shape index (κ3) is 5.29. The van der Waals surface area contributed by atoms with Gasteiger partial charge in [-0.1, -0.05) is 49.4 Å². The van der Waals surface area contributed by atoms with Gasteiger partial charge in [0.05, 0.1) is 16.3 Å². The smallest absolute Gasteiger partial charge is 0.243 e. The van der Waals surface area contributed by atoms with Crippen molar-refractivity contribution in [1.29, 1.82) is 0 Å². The standard InChI is InChI=1S/C26H29N3O4S/c1-2-7-25(30)27-23-10-5-6-11-24(23)28-26(31)20-14-16-29(17-15-20)34(32,33)22-13-12-19-8-3-4-9-21(19)18-22/h3-6,8-13,18,20H,2,7,14-17H2,1H3,(H,27,30)(H,28,31). The van der Waals surface area contributed by atoms with Crippen molar-refractivity contribution >= 4 is 44.0 Å². The molecule has 1 aliphatic rings. The molecule has 1 heterocycles. The van der Waals surface area contributed by atoms with E-state index in [4.69, 9.17) is 0 Å². The summed E-state index contributed by atoms with van der Waals surface area (Å²) in [6.07, 6.45) is 2.01. The number of para-hydroxylation sites is 2. The highest BCUT2D eigenvalue weighted by molar-refractivity contribution is 7.89. The Morgan fingerprint density at radius 1 is 0.882 bits per heavy atom. The quantitative estimate of drug-likeness (QED) is 0.517. The molecule has 0 unspecified atom stereocenters. The maximum atomic E-state index is 13.2. The van der Waals surface area contributed by atoms with Crippen molar-refractivity contribution in [3.8, 4) is 0 Å². The minimum Gasteiger partial charge on any atom is -0.324 e. The Kier molecular flexibility index (Phi) is 7.29. The molecule has 7 nitrogen and oxygen atoms in total. The molecule has 2 amide bonds. The number of hydrogen-bond donors (Lipinski definition) is 2. The van der Waals surface area contributed by atoms with E-state index in [0.29, 0.717) is 30.6 Å². The van der Waals surface area contributed by atoms with E-state index in [0.717, 1.165) is 17.2 Å². The summed E-state index contributed by atoms with van der Waals surface area (Å²) in [7, 11) is -3.63. The largest absolute Gasteiger partial charge is 0.324 e. The molecule has 0 aliphatic carbocycles. The van der Waals surface area contributed by atoms with Gasteiger partial charge in [0.25, 0.3) is 0 Å². The van der Waals surface area contributed by atoms with Crippen LogP contribution in [0, 0.1) is 5.92 Å². The van der Waals surface area contributed by atoms with Gasteiger partial charge in [0.1, 0.15) is 0 Å². The fraction of sp³-hybridized carbons (Fsp3) is 0.308. The number of sulfonamides is 1. The molecule has 34 heavy (non-hydrogen) atoms. The van der Waals surface area contributed by atoms with Gasteiger partial charge in [0.15, 0.2) is 0 Å². The number of anilines is 2. The van der Waals surface area contributed by atoms with Gasteiger partial charge in [-0.05, 0) is 54.3 Å². The molecule has 0 radical (unpaired) electrons. The summed E-state index contributed by atoms with van der Waals surface area (Å²) in [5, 5.41) is 7.61. The minimum atomic E-state index is -3.63. The van der Waals surface area contributed by atoms with Gasteiger partial charge in [-0.3, -0.25) is 9.59 Å². The Bertz CT molecular complexity index is 1300. The van der Waals surface area contributed by atoms with Crippen LogP contribution in [0.15, 0.2) is 71.6 Å². The number of nitrogens with zero attached hydrogens (tertiary/aromatic N) is 1. The van der Waals surface area contributed by atoms with E-state index in [2.05, 4.69) is 10.6 Å². The van der Waals surface area contributed by atoms with Crippen molar-refractivity contribution in [3.05, 3.63) is 66.7 Å².